The second-order valence-electron chi connectivity index (χ2n) is 5.32. The normalized spacial score (nSPS) is 15.6. The van der Waals surface area contributed by atoms with Crippen molar-refractivity contribution in [3.05, 3.63) is 34.0 Å². The largest absolute Gasteiger partial charge is 0.453 e. The van der Waals surface area contributed by atoms with Gasteiger partial charge in [-0.05, 0) is 42.5 Å². The molecular formula is C15H15BrO2. The first-order valence-corrected chi connectivity index (χ1v) is 7.12. The summed E-state index contributed by atoms with van der Waals surface area (Å²) < 4.78 is 6.84. The summed E-state index contributed by atoms with van der Waals surface area (Å²) in [7, 11) is 0. The molecule has 1 aliphatic carbocycles. The van der Waals surface area contributed by atoms with E-state index in [1.54, 1.807) is 0 Å². The molecule has 3 rings (SSSR count). The second kappa shape index (κ2) is 4.23. The minimum atomic E-state index is 0.164. The molecule has 3 heteroatoms. The summed E-state index contributed by atoms with van der Waals surface area (Å²) in [4.78, 5) is 12.0. The number of rotatable bonds is 3. The molecule has 2 aromatic rings. The van der Waals surface area contributed by atoms with Crippen LogP contribution < -0.4 is 0 Å². The van der Waals surface area contributed by atoms with Crippen molar-refractivity contribution in [1.82, 2.24) is 0 Å². The molecule has 0 amide bonds. The van der Waals surface area contributed by atoms with Gasteiger partial charge in [0.2, 0.25) is 5.78 Å². The van der Waals surface area contributed by atoms with Gasteiger partial charge in [-0.3, -0.25) is 4.79 Å². The van der Waals surface area contributed by atoms with Crippen LogP contribution in [0.15, 0.2) is 27.1 Å². The van der Waals surface area contributed by atoms with E-state index in [2.05, 4.69) is 35.8 Å². The molecule has 0 spiro atoms. The van der Waals surface area contributed by atoms with Gasteiger partial charge in [0.15, 0.2) is 5.76 Å². The van der Waals surface area contributed by atoms with E-state index in [0.29, 0.717) is 11.7 Å². The first-order chi connectivity index (χ1) is 8.56. The Morgan fingerprint density at radius 2 is 2.06 bits per heavy atom. The maximum Gasteiger partial charge on any atom is 0.201 e. The fourth-order valence-electron chi connectivity index (χ4n) is 2.24. The zero-order valence-electron chi connectivity index (χ0n) is 10.5. The number of carbonyl (C=O) groups is 1. The van der Waals surface area contributed by atoms with E-state index < -0.39 is 0 Å². The van der Waals surface area contributed by atoms with Gasteiger partial charge in [-0.25, -0.2) is 0 Å². The standard InChI is InChI=1S/C15H15BrO2/c1-8(2)12-7-11(16)5-10-6-13(18-15(10)12)14(17)9-3-4-9/h5-9H,3-4H2,1-2H3. The van der Waals surface area contributed by atoms with Gasteiger partial charge in [0, 0.05) is 15.8 Å². The lowest BCUT2D eigenvalue weighted by atomic mass is 10.0. The highest BCUT2D eigenvalue weighted by Crippen LogP contribution is 2.36. The molecule has 0 N–H and O–H groups in total. The zero-order chi connectivity index (χ0) is 12.9. The predicted molar refractivity (Wildman–Crippen MR) is 75.1 cm³/mol. The van der Waals surface area contributed by atoms with E-state index in [1.165, 1.54) is 0 Å². The highest BCUT2D eigenvalue weighted by atomic mass is 79.9. The molecule has 1 heterocycles. The van der Waals surface area contributed by atoms with Gasteiger partial charge in [0.05, 0.1) is 0 Å². The summed E-state index contributed by atoms with van der Waals surface area (Å²) in [6, 6.07) is 5.96. The maximum atomic E-state index is 12.0. The highest BCUT2D eigenvalue weighted by molar-refractivity contribution is 9.10. The average Bonchev–Trinajstić information content (AvgIpc) is 3.07. The average molecular weight is 307 g/mol. The quantitative estimate of drug-likeness (QED) is 0.754. The molecular weight excluding hydrogens is 292 g/mol. The molecule has 94 valence electrons. The summed E-state index contributed by atoms with van der Waals surface area (Å²) in [5, 5.41) is 1.01. The smallest absolute Gasteiger partial charge is 0.201 e. The number of furan rings is 1. The number of ketones is 1. The fraction of sp³-hybridized carbons (Fsp3) is 0.400. The second-order valence-corrected chi connectivity index (χ2v) is 6.23. The van der Waals surface area contributed by atoms with Gasteiger partial charge in [0.25, 0.3) is 0 Å². The SMILES string of the molecule is CC(C)c1cc(Br)cc2cc(C(=O)C3CC3)oc12. The van der Waals surface area contributed by atoms with E-state index in [9.17, 15) is 4.79 Å². The number of halogens is 1. The number of carbonyl (C=O) groups excluding carboxylic acids is 1. The Hall–Kier alpha value is -1.09. The van der Waals surface area contributed by atoms with Gasteiger partial charge >= 0.3 is 0 Å². The Balaban J connectivity index is 2.15. The van der Waals surface area contributed by atoms with Crippen LogP contribution in [0.4, 0.5) is 0 Å². The van der Waals surface area contributed by atoms with Crippen molar-refractivity contribution in [2.24, 2.45) is 5.92 Å². The van der Waals surface area contributed by atoms with Crippen LogP contribution in [0.25, 0.3) is 11.0 Å². The van der Waals surface area contributed by atoms with Crippen LogP contribution in [0.5, 0.6) is 0 Å². The molecule has 2 nitrogen and oxygen atoms in total. The van der Waals surface area contributed by atoms with Crippen molar-refractivity contribution < 1.29 is 9.21 Å². The van der Waals surface area contributed by atoms with E-state index in [-0.39, 0.29) is 11.7 Å². The molecule has 18 heavy (non-hydrogen) atoms. The van der Waals surface area contributed by atoms with Gasteiger partial charge in [-0.1, -0.05) is 29.8 Å². The van der Waals surface area contributed by atoms with Gasteiger partial charge < -0.3 is 4.42 Å². The third-order valence-corrected chi connectivity index (χ3v) is 3.88. The highest BCUT2D eigenvalue weighted by Gasteiger charge is 2.32. The number of benzene rings is 1. The first-order valence-electron chi connectivity index (χ1n) is 6.33. The molecule has 1 fully saturated rings. The first kappa shape index (κ1) is 12.0. The van der Waals surface area contributed by atoms with Crippen molar-refractivity contribution in [3.63, 3.8) is 0 Å². The number of Topliss-reactive ketones (excluding diaryl/α,β-unsaturated/α-hetero) is 1. The Kier molecular flexibility index (Phi) is 2.81. The predicted octanol–water partition coefficient (Wildman–Crippen LogP) is 4.91. The molecule has 1 aromatic carbocycles. The van der Waals surface area contributed by atoms with Crippen LogP contribution in [-0.4, -0.2) is 5.78 Å². The van der Waals surface area contributed by atoms with Gasteiger partial charge in [-0.2, -0.15) is 0 Å². The van der Waals surface area contributed by atoms with Crippen LogP contribution >= 0.6 is 15.9 Å². The third-order valence-electron chi connectivity index (χ3n) is 3.42. The molecule has 1 saturated carbocycles. The molecule has 1 aliphatic rings. The lowest BCUT2D eigenvalue weighted by molar-refractivity contribution is 0.0942. The Morgan fingerprint density at radius 1 is 1.33 bits per heavy atom. The summed E-state index contributed by atoms with van der Waals surface area (Å²) >= 11 is 3.51. The van der Waals surface area contributed by atoms with Crippen molar-refractivity contribution in [2.45, 2.75) is 32.6 Å². The van der Waals surface area contributed by atoms with E-state index in [1.807, 2.05) is 12.1 Å². The van der Waals surface area contributed by atoms with Gasteiger partial charge in [0.1, 0.15) is 5.58 Å². The van der Waals surface area contributed by atoms with Crippen LogP contribution in [-0.2, 0) is 0 Å². The Bertz CT molecular complexity index is 621. The minimum absolute atomic E-state index is 0.164. The van der Waals surface area contributed by atoms with Crippen molar-refractivity contribution in [3.8, 4) is 0 Å². The maximum absolute atomic E-state index is 12.0. The van der Waals surface area contributed by atoms with Crippen molar-refractivity contribution in [2.75, 3.05) is 0 Å². The van der Waals surface area contributed by atoms with Crippen molar-refractivity contribution >= 4 is 32.7 Å². The topological polar surface area (TPSA) is 30.2 Å². The monoisotopic (exact) mass is 306 g/mol. The zero-order valence-corrected chi connectivity index (χ0v) is 12.1. The molecule has 0 unspecified atom stereocenters. The molecule has 0 bridgehead atoms. The lowest BCUT2D eigenvalue weighted by Gasteiger charge is -2.06. The number of hydrogen-bond acceptors (Lipinski definition) is 2. The van der Waals surface area contributed by atoms with Crippen LogP contribution in [0.1, 0.15) is 48.7 Å². The summed E-state index contributed by atoms with van der Waals surface area (Å²) in [6.07, 6.45) is 2.02. The summed E-state index contributed by atoms with van der Waals surface area (Å²) in [5.41, 5.74) is 2.01. The van der Waals surface area contributed by atoms with Gasteiger partial charge in [-0.15, -0.1) is 0 Å². The number of hydrogen-bond donors (Lipinski definition) is 0. The van der Waals surface area contributed by atoms with E-state index in [4.69, 9.17) is 4.42 Å². The summed E-state index contributed by atoms with van der Waals surface area (Å²) in [5.74, 6) is 1.26. The molecule has 0 saturated heterocycles. The third kappa shape index (κ3) is 2.01. The Morgan fingerprint density at radius 3 is 2.67 bits per heavy atom. The van der Waals surface area contributed by atoms with Crippen LogP contribution in [0.2, 0.25) is 0 Å². The summed E-state index contributed by atoms with van der Waals surface area (Å²) in [6.45, 7) is 4.26. The molecule has 1 aromatic heterocycles. The Labute approximate surface area is 114 Å². The van der Waals surface area contributed by atoms with E-state index in [0.717, 1.165) is 33.8 Å². The van der Waals surface area contributed by atoms with Crippen LogP contribution in [0, 0.1) is 5.92 Å². The fourth-order valence-corrected chi connectivity index (χ4v) is 2.73. The minimum Gasteiger partial charge on any atom is -0.453 e. The van der Waals surface area contributed by atoms with E-state index >= 15 is 0 Å². The van der Waals surface area contributed by atoms with Crippen molar-refractivity contribution in [1.29, 1.82) is 0 Å². The van der Waals surface area contributed by atoms with Crippen LogP contribution in [0.3, 0.4) is 0 Å². The number of fused-ring (bicyclic) bond motifs is 1. The molecule has 0 atom stereocenters. The lowest BCUT2D eigenvalue weighted by Crippen LogP contribution is -1.98. The molecule has 0 aliphatic heterocycles. The molecule has 0 radical (unpaired) electrons.